The second kappa shape index (κ2) is 7.47. The molecule has 0 heterocycles. The van der Waals surface area contributed by atoms with Crippen molar-refractivity contribution < 1.29 is 4.79 Å². The molecule has 0 unspecified atom stereocenters. The Morgan fingerprint density at radius 2 is 1.76 bits per heavy atom. The molecule has 0 radical (unpaired) electrons. The SMILES string of the molecule is O=C(CCCCBr)Nc1c(Cl)cc(Cl)cc1Cl. The van der Waals surface area contributed by atoms with Crippen LogP contribution in [0, 0.1) is 0 Å². The second-order valence-electron chi connectivity index (χ2n) is 3.44. The standard InChI is InChI=1S/C11H11BrCl3NO/c12-4-2-1-3-10(17)16-11-8(14)5-7(13)6-9(11)15/h5-6H,1-4H2,(H,16,17). The predicted molar refractivity (Wildman–Crippen MR) is 77.7 cm³/mol. The molecule has 1 rings (SSSR count). The second-order valence-corrected chi connectivity index (χ2v) is 5.48. The van der Waals surface area contributed by atoms with E-state index in [1.165, 1.54) is 0 Å². The lowest BCUT2D eigenvalue weighted by atomic mass is 10.2. The van der Waals surface area contributed by atoms with Crippen molar-refractivity contribution in [3.63, 3.8) is 0 Å². The fraction of sp³-hybridized carbons (Fsp3) is 0.364. The Hall–Kier alpha value is 0.0400. The number of anilines is 1. The zero-order valence-electron chi connectivity index (χ0n) is 8.90. The zero-order chi connectivity index (χ0) is 12.8. The van der Waals surface area contributed by atoms with Crippen LogP contribution in [-0.4, -0.2) is 11.2 Å². The molecule has 0 bridgehead atoms. The quantitative estimate of drug-likeness (QED) is 0.572. The van der Waals surface area contributed by atoms with Crippen LogP contribution in [0.3, 0.4) is 0 Å². The number of hydrogen-bond donors (Lipinski definition) is 1. The summed E-state index contributed by atoms with van der Waals surface area (Å²) in [5.41, 5.74) is 0.418. The number of carbonyl (C=O) groups excluding carboxylic acids is 1. The fourth-order valence-electron chi connectivity index (χ4n) is 1.24. The maximum atomic E-state index is 11.6. The maximum Gasteiger partial charge on any atom is 0.224 e. The predicted octanol–water partition coefficient (Wildman–Crippen LogP) is 5.15. The van der Waals surface area contributed by atoms with Crippen molar-refractivity contribution in [3.8, 4) is 0 Å². The van der Waals surface area contributed by atoms with Gasteiger partial charge in [0.1, 0.15) is 0 Å². The minimum absolute atomic E-state index is 0.0999. The van der Waals surface area contributed by atoms with E-state index in [4.69, 9.17) is 34.8 Å². The number of amides is 1. The van der Waals surface area contributed by atoms with Crippen LogP contribution >= 0.6 is 50.7 Å². The van der Waals surface area contributed by atoms with Crippen LogP contribution in [0.2, 0.25) is 15.1 Å². The van der Waals surface area contributed by atoms with Crippen molar-refractivity contribution in [3.05, 3.63) is 27.2 Å². The molecule has 1 aromatic rings. The normalized spacial score (nSPS) is 10.4. The molecular formula is C11H11BrCl3NO. The molecule has 0 aliphatic heterocycles. The van der Waals surface area contributed by atoms with Gasteiger partial charge in [-0.25, -0.2) is 0 Å². The average molecular weight is 359 g/mol. The summed E-state index contributed by atoms with van der Waals surface area (Å²) in [6, 6.07) is 3.09. The Bertz CT molecular complexity index is 389. The molecule has 0 saturated heterocycles. The lowest BCUT2D eigenvalue weighted by molar-refractivity contribution is -0.116. The largest absolute Gasteiger partial charge is 0.324 e. The van der Waals surface area contributed by atoms with Crippen molar-refractivity contribution in [2.45, 2.75) is 19.3 Å². The Labute approximate surface area is 124 Å². The van der Waals surface area contributed by atoms with Gasteiger partial charge in [0.25, 0.3) is 0 Å². The summed E-state index contributed by atoms with van der Waals surface area (Å²) < 4.78 is 0. The number of hydrogen-bond acceptors (Lipinski definition) is 1. The number of nitrogens with one attached hydrogen (secondary N) is 1. The lowest BCUT2D eigenvalue weighted by Crippen LogP contribution is -2.12. The van der Waals surface area contributed by atoms with E-state index in [1.807, 2.05) is 0 Å². The molecule has 0 atom stereocenters. The summed E-state index contributed by atoms with van der Waals surface area (Å²) in [7, 11) is 0. The highest BCUT2D eigenvalue weighted by Crippen LogP contribution is 2.33. The monoisotopic (exact) mass is 357 g/mol. The first-order chi connectivity index (χ1) is 8.04. The van der Waals surface area contributed by atoms with E-state index in [9.17, 15) is 4.79 Å². The van der Waals surface area contributed by atoms with Gasteiger partial charge in [0.05, 0.1) is 15.7 Å². The van der Waals surface area contributed by atoms with Gasteiger partial charge < -0.3 is 5.32 Å². The van der Waals surface area contributed by atoms with Gasteiger partial charge in [-0.1, -0.05) is 50.7 Å². The molecule has 0 aliphatic carbocycles. The smallest absolute Gasteiger partial charge is 0.224 e. The van der Waals surface area contributed by atoms with Crippen LogP contribution in [0.15, 0.2) is 12.1 Å². The first-order valence-electron chi connectivity index (χ1n) is 5.05. The van der Waals surface area contributed by atoms with E-state index in [0.717, 1.165) is 18.2 Å². The molecule has 0 saturated carbocycles. The Morgan fingerprint density at radius 3 is 2.29 bits per heavy atom. The number of carbonyl (C=O) groups is 1. The van der Waals surface area contributed by atoms with E-state index >= 15 is 0 Å². The lowest BCUT2D eigenvalue weighted by Gasteiger charge is -2.09. The number of unbranched alkanes of at least 4 members (excludes halogenated alkanes) is 1. The molecule has 94 valence electrons. The van der Waals surface area contributed by atoms with E-state index < -0.39 is 0 Å². The van der Waals surface area contributed by atoms with Gasteiger partial charge in [0, 0.05) is 16.8 Å². The van der Waals surface area contributed by atoms with Crippen molar-refractivity contribution in [1.29, 1.82) is 0 Å². The van der Waals surface area contributed by atoms with Gasteiger partial charge in [-0.2, -0.15) is 0 Å². The number of alkyl halides is 1. The van der Waals surface area contributed by atoms with Crippen LogP contribution in [0.4, 0.5) is 5.69 Å². The number of benzene rings is 1. The van der Waals surface area contributed by atoms with Crippen LogP contribution in [-0.2, 0) is 4.79 Å². The van der Waals surface area contributed by atoms with Gasteiger partial charge in [0.15, 0.2) is 0 Å². The van der Waals surface area contributed by atoms with E-state index in [-0.39, 0.29) is 5.91 Å². The highest BCUT2D eigenvalue weighted by Gasteiger charge is 2.10. The number of rotatable bonds is 5. The van der Waals surface area contributed by atoms with Crippen molar-refractivity contribution in [1.82, 2.24) is 0 Å². The van der Waals surface area contributed by atoms with E-state index in [2.05, 4.69) is 21.2 Å². The van der Waals surface area contributed by atoms with Crippen LogP contribution in [0.25, 0.3) is 0 Å². The van der Waals surface area contributed by atoms with E-state index in [1.54, 1.807) is 12.1 Å². The molecule has 17 heavy (non-hydrogen) atoms. The molecule has 0 aliphatic rings. The molecule has 1 aromatic carbocycles. The minimum Gasteiger partial charge on any atom is -0.324 e. The Morgan fingerprint density at radius 1 is 1.18 bits per heavy atom. The summed E-state index contributed by atoms with van der Waals surface area (Å²) >= 11 is 21.0. The Kier molecular flexibility index (Phi) is 6.63. The van der Waals surface area contributed by atoms with Crippen LogP contribution in [0.1, 0.15) is 19.3 Å². The summed E-state index contributed by atoms with van der Waals surface area (Å²) in [6.45, 7) is 0. The van der Waals surface area contributed by atoms with Crippen LogP contribution in [0.5, 0.6) is 0 Å². The van der Waals surface area contributed by atoms with Gasteiger partial charge in [-0.15, -0.1) is 0 Å². The highest BCUT2D eigenvalue weighted by molar-refractivity contribution is 9.09. The number of halogens is 4. The van der Waals surface area contributed by atoms with Gasteiger partial charge in [0.2, 0.25) is 5.91 Å². The van der Waals surface area contributed by atoms with Crippen molar-refractivity contribution in [2.24, 2.45) is 0 Å². The van der Waals surface area contributed by atoms with Crippen LogP contribution < -0.4 is 5.32 Å². The molecule has 1 N–H and O–H groups in total. The van der Waals surface area contributed by atoms with Gasteiger partial charge in [-0.3, -0.25) is 4.79 Å². The highest BCUT2D eigenvalue weighted by atomic mass is 79.9. The summed E-state index contributed by atoms with van der Waals surface area (Å²) in [4.78, 5) is 11.6. The molecule has 1 amide bonds. The summed E-state index contributed by atoms with van der Waals surface area (Å²) in [6.07, 6.45) is 2.22. The third-order valence-electron chi connectivity index (χ3n) is 2.06. The average Bonchev–Trinajstić information content (AvgIpc) is 2.24. The van der Waals surface area contributed by atoms with Crippen molar-refractivity contribution >= 4 is 62.3 Å². The Balaban J connectivity index is 2.65. The zero-order valence-corrected chi connectivity index (χ0v) is 12.8. The third kappa shape index (κ3) is 5.04. The summed E-state index contributed by atoms with van der Waals surface area (Å²) in [5, 5.41) is 4.71. The van der Waals surface area contributed by atoms with Crippen molar-refractivity contribution in [2.75, 3.05) is 10.6 Å². The minimum atomic E-state index is -0.0999. The molecule has 0 fully saturated rings. The molecular weight excluding hydrogens is 348 g/mol. The topological polar surface area (TPSA) is 29.1 Å². The van der Waals surface area contributed by atoms with Gasteiger partial charge in [-0.05, 0) is 25.0 Å². The molecule has 0 aromatic heterocycles. The first kappa shape index (κ1) is 15.1. The van der Waals surface area contributed by atoms with E-state index in [0.29, 0.717) is 27.2 Å². The molecule has 0 spiro atoms. The molecule has 2 nitrogen and oxygen atoms in total. The summed E-state index contributed by atoms with van der Waals surface area (Å²) in [5.74, 6) is -0.0999. The molecule has 6 heteroatoms. The third-order valence-corrected chi connectivity index (χ3v) is 3.43. The fourth-order valence-corrected chi connectivity index (χ4v) is 2.55. The first-order valence-corrected chi connectivity index (χ1v) is 7.30. The maximum absolute atomic E-state index is 11.6. The van der Waals surface area contributed by atoms with Gasteiger partial charge >= 0.3 is 0 Å².